The number of rotatable bonds is 11. The molecule has 0 aliphatic carbocycles. The molecule has 1 aliphatic heterocycles. The van der Waals surface area contributed by atoms with E-state index in [0.29, 0.717) is 37.4 Å². The van der Waals surface area contributed by atoms with Gasteiger partial charge in [0.15, 0.2) is 6.10 Å². The first-order chi connectivity index (χ1) is 20.5. The molecule has 42 heavy (non-hydrogen) atoms. The van der Waals surface area contributed by atoms with Crippen molar-refractivity contribution in [3.8, 4) is 5.75 Å². The van der Waals surface area contributed by atoms with Crippen molar-refractivity contribution in [2.75, 3.05) is 33.4 Å². The number of hydrogen-bond donors (Lipinski definition) is 1. The van der Waals surface area contributed by atoms with Crippen LogP contribution in [0.15, 0.2) is 97.1 Å². The first-order valence-electron chi connectivity index (χ1n) is 14.0. The normalized spacial score (nSPS) is 17.5. The maximum absolute atomic E-state index is 12.5. The number of benzene rings is 4. The summed E-state index contributed by atoms with van der Waals surface area (Å²) >= 11 is 0. The number of piperidine rings is 1. The summed E-state index contributed by atoms with van der Waals surface area (Å²) in [5.74, 6) is 0.231. The van der Waals surface area contributed by atoms with Crippen LogP contribution in [0.3, 0.4) is 0 Å². The lowest BCUT2D eigenvalue weighted by Crippen LogP contribution is -2.46. The third-order valence-electron chi connectivity index (χ3n) is 7.49. The molecule has 0 aromatic heterocycles. The van der Waals surface area contributed by atoms with Gasteiger partial charge in [-0.3, -0.25) is 0 Å². The largest absolute Gasteiger partial charge is 0.490 e. The van der Waals surface area contributed by atoms with E-state index in [-0.39, 0.29) is 25.2 Å². The third-order valence-corrected chi connectivity index (χ3v) is 7.49. The van der Waals surface area contributed by atoms with Gasteiger partial charge in [0.05, 0.1) is 31.4 Å². The molecular formula is C34H35NO7. The quantitative estimate of drug-likeness (QED) is 0.217. The van der Waals surface area contributed by atoms with Crippen molar-refractivity contribution in [1.29, 1.82) is 0 Å². The van der Waals surface area contributed by atoms with Crippen LogP contribution in [0.4, 0.5) is 4.79 Å². The Bertz CT molecular complexity index is 1470. The van der Waals surface area contributed by atoms with Gasteiger partial charge >= 0.3 is 12.1 Å². The number of likely N-dealkylation sites (tertiary alicyclic amines) is 1. The van der Waals surface area contributed by atoms with Crippen LogP contribution in [-0.2, 0) is 20.8 Å². The van der Waals surface area contributed by atoms with Gasteiger partial charge in [-0.05, 0) is 58.7 Å². The van der Waals surface area contributed by atoms with E-state index in [4.69, 9.17) is 18.9 Å². The van der Waals surface area contributed by atoms with Gasteiger partial charge in [-0.25, -0.2) is 9.59 Å². The highest BCUT2D eigenvalue weighted by Crippen LogP contribution is 2.32. The number of ether oxygens (including phenoxy) is 4. The summed E-state index contributed by atoms with van der Waals surface area (Å²) in [6.45, 7) is 1.48. The van der Waals surface area contributed by atoms with E-state index >= 15 is 0 Å². The highest BCUT2D eigenvalue weighted by molar-refractivity contribution is 5.89. The smallest absolute Gasteiger partial charge is 0.407 e. The number of nitrogens with zero attached hydrogens (tertiary/aromatic N) is 1. The van der Waals surface area contributed by atoms with Crippen LogP contribution in [0, 0.1) is 0 Å². The first-order valence-corrected chi connectivity index (χ1v) is 14.0. The van der Waals surface area contributed by atoms with Crippen LogP contribution in [0.1, 0.15) is 33.8 Å². The molecule has 0 radical (unpaired) electrons. The second-order valence-corrected chi connectivity index (χ2v) is 10.4. The Morgan fingerprint density at radius 1 is 0.905 bits per heavy atom. The van der Waals surface area contributed by atoms with Crippen LogP contribution in [0.25, 0.3) is 10.8 Å². The highest BCUT2D eigenvalue weighted by atomic mass is 16.6. The SMILES string of the molecule is COC[C@@H](COc1ccc([C@H]2CCN(C(=O)O)C[C@@H]2OCc2ccc3ccccc3c2)cc1)OC(=O)c1ccccc1. The summed E-state index contributed by atoms with van der Waals surface area (Å²) in [7, 11) is 1.55. The first kappa shape index (κ1) is 29.1. The zero-order valence-corrected chi connectivity index (χ0v) is 23.6. The number of carbonyl (C=O) groups is 2. The Hall–Kier alpha value is -4.40. The number of esters is 1. The highest BCUT2D eigenvalue weighted by Gasteiger charge is 2.33. The molecular weight excluding hydrogens is 534 g/mol. The summed E-state index contributed by atoms with van der Waals surface area (Å²) < 4.78 is 23.1. The zero-order chi connectivity index (χ0) is 29.3. The topological polar surface area (TPSA) is 94.5 Å². The number of carboxylic acid groups (broad SMARTS) is 1. The molecule has 218 valence electrons. The van der Waals surface area contributed by atoms with Crippen molar-refractivity contribution in [3.63, 3.8) is 0 Å². The average molecular weight is 570 g/mol. The van der Waals surface area contributed by atoms with Gasteiger partial charge in [-0.2, -0.15) is 0 Å². The van der Waals surface area contributed by atoms with E-state index < -0.39 is 18.2 Å². The van der Waals surface area contributed by atoms with Crippen LogP contribution >= 0.6 is 0 Å². The Morgan fingerprint density at radius 3 is 2.38 bits per heavy atom. The van der Waals surface area contributed by atoms with Gasteiger partial charge in [0.25, 0.3) is 0 Å². The maximum atomic E-state index is 12.5. The fourth-order valence-corrected chi connectivity index (χ4v) is 5.27. The average Bonchev–Trinajstić information content (AvgIpc) is 3.03. The van der Waals surface area contributed by atoms with Crippen molar-refractivity contribution in [2.24, 2.45) is 0 Å². The number of hydrogen-bond acceptors (Lipinski definition) is 6. The van der Waals surface area contributed by atoms with Crippen molar-refractivity contribution >= 4 is 22.8 Å². The van der Waals surface area contributed by atoms with Gasteiger partial charge < -0.3 is 29.0 Å². The number of carbonyl (C=O) groups excluding carboxylic acids is 1. The molecule has 1 amide bonds. The maximum Gasteiger partial charge on any atom is 0.407 e. The van der Waals surface area contributed by atoms with E-state index in [0.717, 1.165) is 16.5 Å². The molecule has 8 nitrogen and oxygen atoms in total. The number of fused-ring (bicyclic) bond motifs is 1. The molecule has 0 saturated carbocycles. The van der Waals surface area contributed by atoms with E-state index in [1.807, 2.05) is 42.5 Å². The lowest BCUT2D eigenvalue weighted by atomic mass is 9.87. The molecule has 4 aromatic carbocycles. The summed E-state index contributed by atoms with van der Waals surface area (Å²) in [5, 5.41) is 11.9. The lowest BCUT2D eigenvalue weighted by molar-refractivity contribution is -0.0199. The molecule has 0 bridgehead atoms. The van der Waals surface area contributed by atoms with Crippen LogP contribution in [-0.4, -0.2) is 67.7 Å². The molecule has 1 heterocycles. The molecule has 5 rings (SSSR count). The van der Waals surface area contributed by atoms with E-state index in [9.17, 15) is 14.7 Å². The van der Waals surface area contributed by atoms with E-state index in [1.54, 1.807) is 31.4 Å². The van der Waals surface area contributed by atoms with E-state index in [2.05, 4.69) is 30.3 Å². The van der Waals surface area contributed by atoms with Crippen molar-refractivity contribution in [2.45, 2.75) is 31.2 Å². The van der Waals surface area contributed by atoms with Gasteiger partial charge in [0.2, 0.25) is 0 Å². The third kappa shape index (κ3) is 7.46. The zero-order valence-electron chi connectivity index (χ0n) is 23.6. The van der Waals surface area contributed by atoms with Crippen molar-refractivity contribution in [3.05, 3.63) is 114 Å². The molecule has 3 atom stereocenters. The molecule has 0 unspecified atom stereocenters. The molecule has 8 heteroatoms. The fourth-order valence-electron chi connectivity index (χ4n) is 5.27. The second kappa shape index (κ2) is 14.0. The van der Waals surface area contributed by atoms with Crippen LogP contribution in [0.5, 0.6) is 5.75 Å². The molecule has 4 aromatic rings. The molecule has 1 N–H and O–H groups in total. The fraction of sp³-hybridized carbons (Fsp3) is 0.294. The Morgan fingerprint density at radius 2 is 1.64 bits per heavy atom. The summed E-state index contributed by atoms with van der Waals surface area (Å²) in [6, 6.07) is 31.0. The Labute approximate surface area is 245 Å². The minimum atomic E-state index is -0.935. The monoisotopic (exact) mass is 569 g/mol. The minimum Gasteiger partial charge on any atom is -0.490 e. The molecule has 1 fully saturated rings. The van der Waals surface area contributed by atoms with Gasteiger partial charge in [-0.15, -0.1) is 0 Å². The molecule has 0 spiro atoms. The van der Waals surface area contributed by atoms with Gasteiger partial charge in [0, 0.05) is 19.6 Å². The minimum absolute atomic E-state index is 0.0307. The Balaban J connectivity index is 1.22. The van der Waals surface area contributed by atoms with Crippen LogP contribution in [0.2, 0.25) is 0 Å². The standard InChI is InChI=1S/C34H35NO7/c1-39-22-30(42-33(36)27-8-3-2-4-9-27)23-40-29-15-13-26(14-16-29)31-17-18-35(34(37)38)20-32(31)41-21-24-11-12-25-7-5-6-10-28(25)19-24/h2-16,19,30-32H,17-18,20-23H2,1H3,(H,37,38)/t30-,31+,32-/m0/s1. The van der Waals surface area contributed by atoms with E-state index in [1.165, 1.54) is 10.3 Å². The second-order valence-electron chi connectivity index (χ2n) is 10.4. The number of amides is 1. The van der Waals surface area contributed by atoms with Gasteiger partial charge in [-0.1, -0.05) is 66.7 Å². The number of methoxy groups -OCH3 is 1. The predicted octanol–water partition coefficient (Wildman–Crippen LogP) is 6.14. The summed E-state index contributed by atoms with van der Waals surface area (Å²) in [6.07, 6.45) is -1.15. The Kier molecular flexibility index (Phi) is 9.69. The van der Waals surface area contributed by atoms with Crippen molar-refractivity contribution < 1.29 is 33.6 Å². The van der Waals surface area contributed by atoms with Gasteiger partial charge in [0.1, 0.15) is 12.4 Å². The molecule has 1 aliphatic rings. The van der Waals surface area contributed by atoms with Crippen LogP contribution < -0.4 is 4.74 Å². The van der Waals surface area contributed by atoms with Crippen molar-refractivity contribution in [1.82, 2.24) is 4.90 Å². The lowest BCUT2D eigenvalue weighted by Gasteiger charge is -2.37. The summed E-state index contributed by atoms with van der Waals surface area (Å²) in [5.41, 5.74) is 2.57. The summed E-state index contributed by atoms with van der Waals surface area (Å²) in [4.78, 5) is 25.6. The predicted molar refractivity (Wildman–Crippen MR) is 159 cm³/mol. The molecule has 1 saturated heterocycles.